The molecule has 1 aromatic rings. The summed E-state index contributed by atoms with van der Waals surface area (Å²) in [5.74, 6) is 0.227. The molecule has 0 unspecified atom stereocenters. The van der Waals surface area contributed by atoms with Crippen molar-refractivity contribution in [3.63, 3.8) is 0 Å². The maximum Gasteiger partial charge on any atom is 0.154 e. The first kappa shape index (κ1) is 10.9. The van der Waals surface area contributed by atoms with Gasteiger partial charge in [-0.2, -0.15) is 0 Å². The van der Waals surface area contributed by atoms with Gasteiger partial charge in [-0.15, -0.1) is 0 Å². The van der Waals surface area contributed by atoms with Gasteiger partial charge >= 0.3 is 0 Å². The van der Waals surface area contributed by atoms with E-state index in [0.29, 0.717) is 5.56 Å². The second-order valence-corrected chi connectivity index (χ2v) is 5.11. The van der Waals surface area contributed by atoms with Gasteiger partial charge in [-0.25, -0.2) is 18.4 Å². The molecule has 1 aromatic heterocycles. The summed E-state index contributed by atoms with van der Waals surface area (Å²) >= 11 is 0. The maximum absolute atomic E-state index is 10.9. The smallest absolute Gasteiger partial charge is 0.154 e. The molecule has 4 N–H and O–H groups in total. The highest BCUT2D eigenvalue weighted by Gasteiger charge is 2.08. The van der Waals surface area contributed by atoms with Gasteiger partial charge in [-0.05, 0) is 0 Å². The summed E-state index contributed by atoms with van der Waals surface area (Å²) in [6, 6.07) is 0. The van der Waals surface area contributed by atoms with Crippen LogP contribution in [-0.4, -0.2) is 24.6 Å². The predicted octanol–water partition coefficient (Wildman–Crippen LogP) is -0.938. The third kappa shape index (κ3) is 2.93. The van der Waals surface area contributed by atoms with E-state index in [1.807, 2.05) is 0 Å². The van der Waals surface area contributed by atoms with E-state index in [4.69, 9.17) is 11.5 Å². The lowest BCUT2D eigenvalue weighted by Crippen LogP contribution is -2.10. The molecule has 0 saturated heterocycles. The molecule has 7 heteroatoms. The van der Waals surface area contributed by atoms with Crippen molar-refractivity contribution >= 4 is 15.7 Å². The van der Waals surface area contributed by atoms with E-state index in [1.54, 1.807) is 0 Å². The molecule has 0 saturated carbocycles. The summed E-state index contributed by atoms with van der Waals surface area (Å²) < 4.78 is 21.8. The fourth-order valence-corrected chi connectivity index (χ4v) is 1.53. The second kappa shape index (κ2) is 3.89. The van der Waals surface area contributed by atoms with Crippen LogP contribution in [0, 0.1) is 0 Å². The zero-order valence-corrected chi connectivity index (χ0v) is 8.58. The number of aromatic nitrogens is 2. The molecule has 0 aliphatic heterocycles. The van der Waals surface area contributed by atoms with Crippen LogP contribution >= 0.6 is 0 Å². The summed E-state index contributed by atoms with van der Waals surface area (Å²) in [7, 11) is -3.13. The largest absolute Gasteiger partial charge is 0.383 e. The van der Waals surface area contributed by atoms with E-state index in [2.05, 4.69) is 9.97 Å². The highest BCUT2D eigenvalue weighted by Crippen LogP contribution is 2.07. The number of hydrogen-bond acceptors (Lipinski definition) is 6. The molecule has 0 bridgehead atoms. The minimum absolute atomic E-state index is 0.196. The quantitative estimate of drug-likeness (QED) is 0.674. The van der Waals surface area contributed by atoms with Gasteiger partial charge in [0.15, 0.2) is 9.84 Å². The second-order valence-electron chi connectivity index (χ2n) is 2.97. The van der Waals surface area contributed by atoms with Crippen LogP contribution in [0.2, 0.25) is 0 Å². The molecule has 0 atom stereocenters. The minimum atomic E-state index is -3.13. The van der Waals surface area contributed by atoms with E-state index in [-0.39, 0.29) is 23.9 Å². The Balaban J connectivity index is 2.98. The van der Waals surface area contributed by atoms with Crippen LogP contribution in [0.5, 0.6) is 0 Å². The Morgan fingerprint density at radius 1 is 1.50 bits per heavy atom. The minimum Gasteiger partial charge on any atom is -0.383 e. The van der Waals surface area contributed by atoms with Crippen LogP contribution in [0.15, 0.2) is 6.20 Å². The number of hydrogen-bond donors (Lipinski definition) is 2. The van der Waals surface area contributed by atoms with Gasteiger partial charge in [-0.3, -0.25) is 0 Å². The van der Waals surface area contributed by atoms with E-state index in [9.17, 15) is 8.42 Å². The van der Waals surface area contributed by atoms with Gasteiger partial charge in [0.1, 0.15) is 17.4 Å². The monoisotopic (exact) mass is 216 g/mol. The molecular weight excluding hydrogens is 204 g/mol. The fraction of sp³-hybridized carbons (Fsp3) is 0.429. The number of rotatable bonds is 3. The lowest BCUT2D eigenvalue weighted by atomic mass is 10.3. The van der Waals surface area contributed by atoms with Gasteiger partial charge in [0.25, 0.3) is 0 Å². The Labute approximate surface area is 82.3 Å². The first-order chi connectivity index (χ1) is 6.42. The Hall–Kier alpha value is -1.21. The molecule has 6 nitrogen and oxygen atoms in total. The molecule has 0 spiro atoms. The molecule has 1 heterocycles. The molecule has 0 fully saturated rings. The number of nitrogens with zero attached hydrogens (tertiary/aromatic N) is 2. The van der Waals surface area contributed by atoms with E-state index in [1.165, 1.54) is 6.20 Å². The van der Waals surface area contributed by atoms with Crippen molar-refractivity contribution in [1.29, 1.82) is 0 Å². The van der Waals surface area contributed by atoms with Gasteiger partial charge < -0.3 is 11.5 Å². The normalized spacial score (nSPS) is 11.6. The standard InChI is InChI=1S/C7H12N4O2S/c1-14(12,13)4-6-10-3-5(2-8)7(9)11-6/h3H,2,4,8H2,1H3,(H2,9,10,11). The van der Waals surface area contributed by atoms with Crippen molar-refractivity contribution < 1.29 is 8.42 Å². The van der Waals surface area contributed by atoms with Crippen LogP contribution in [0.25, 0.3) is 0 Å². The van der Waals surface area contributed by atoms with E-state index >= 15 is 0 Å². The summed E-state index contributed by atoms with van der Waals surface area (Å²) in [6.45, 7) is 0.241. The van der Waals surface area contributed by atoms with Gasteiger partial charge in [0.05, 0.1) is 0 Å². The average Bonchev–Trinajstić information content (AvgIpc) is 2.01. The molecule has 1 rings (SSSR count). The Morgan fingerprint density at radius 2 is 2.14 bits per heavy atom. The molecule has 0 amide bonds. The molecule has 0 radical (unpaired) electrons. The number of nitrogen functional groups attached to an aromatic ring is 1. The SMILES string of the molecule is CS(=O)(=O)Cc1ncc(CN)c(N)n1. The van der Waals surface area contributed by atoms with Crippen molar-refractivity contribution in [2.24, 2.45) is 5.73 Å². The average molecular weight is 216 g/mol. The topological polar surface area (TPSA) is 112 Å². The van der Waals surface area contributed by atoms with Crippen LogP contribution in [0.3, 0.4) is 0 Å². The van der Waals surface area contributed by atoms with Crippen LogP contribution in [0.4, 0.5) is 5.82 Å². The van der Waals surface area contributed by atoms with E-state index in [0.717, 1.165) is 6.26 Å². The van der Waals surface area contributed by atoms with Crippen LogP contribution < -0.4 is 11.5 Å². The Bertz CT molecular complexity index is 429. The first-order valence-electron chi connectivity index (χ1n) is 3.90. The Morgan fingerprint density at radius 3 is 2.57 bits per heavy atom. The molecule has 78 valence electrons. The van der Waals surface area contributed by atoms with Crippen LogP contribution in [0.1, 0.15) is 11.4 Å². The summed E-state index contributed by atoms with van der Waals surface area (Å²) in [5.41, 5.74) is 11.5. The van der Waals surface area contributed by atoms with Crippen LogP contribution in [-0.2, 0) is 22.1 Å². The maximum atomic E-state index is 10.9. The highest BCUT2D eigenvalue weighted by atomic mass is 32.2. The van der Waals surface area contributed by atoms with E-state index < -0.39 is 9.84 Å². The van der Waals surface area contributed by atoms with Crippen molar-refractivity contribution in [2.45, 2.75) is 12.3 Å². The first-order valence-corrected chi connectivity index (χ1v) is 5.96. The third-order valence-corrected chi connectivity index (χ3v) is 2.34. The van der Waals surface area contributed by atoms with Crippen molar-refractivity contribution in [3.05, 3.63) is 17.6 Å². The summed E-state index contributed by atoms with van der Waals surface area (Å²) in [5, 5.41) is 0. The zero-order valence-electron chi connectivity index (χ0n) is 7.77. The molecular formula is C7H12N4O2S. The highest BCUT2D eigenvalue weighted by molar-refractivity contribution is 7.89. The number of nitrogens with two attached hydrogens (primary N) is 2. The third-order valence-electron chi connectivity index (χ3n) is 1.56. The number of anilines is 1. The lowest BCUT2D eigenvalue weighted by Gasteiger charge is -2.03. The lowest BCUT2D eigenvalue weighted by molar-refractivity contribution is 0.599. The van der Waals surface area contributed by atoms with Crippen molar-refractivity contribution in [1.82, 2.24) is 9.97 Å². The fourth-order valence-electron chi connectivity index (χ4n) is 0.920. The molecule has 0 aliphatic rings. The molecule has 0 aromatic carbocycles. The Kier molecular flexibility index (Phi) is 3.02. The zero-order chi connectivity index (χ0) is 10.8. The predicted molar refractivity (Wildman–Crippen MR) is 52.9 cm³/mol. The summed E-state index contributed by atoms with van der Waals surface area (Å²) in [4.78, 5) is 7.68. The molecule has 0 aliphatic carbocycles. The molecule has 14 heavy (non-hydrogen) atoms. The summed E-state index contributed by atoms with van der Waals surface area (Å²) in [6.07, 6.45) is 2.56. The van der Waals surface area contributed by atoms with Gasteiger partial charge in [0, 0.05) is 24.6 Å². The van der Waals surface area contributed by atoms with Gasteiger partial charge in [-0.1, -0.05) is 0 Å². The van der Waals surface area contributed by atoms with Gasteiger partial charge in [0.2, 0.25) is 0 Å². The van der Waals surface area contributed by atoms with Crippen molar-refractivity contribution in [3.8, 4) is 0 Å². The van der Waals surface area contributed by atoms with Crippen molar-refractivity contribution in [2.75, 3.05) is 12.0 Å². The number of sulfone groups is 1.